The van der Waals surface area contributed by atoms with Crippen molar-refractivity contribution in [2.24, 2.45) is 5.16 Å². The van der Waals surface area contributed by atoms with Gasteiger partial charge in [-0.2, -0.15) is 26.4 Å². The van der Waals surface area contributed by atoms with Crippen molar-refractivity contribution in [1.29, 1.82) is 4.78 Å². The summed E-state index contributed by atoms with van der Waals surface area (Å²) in [6.07, 6.45) is -4.51. The predicted octanol–water partition coefficient (Wildman–Crippen LogP) is 4.78. The molecule has 0 spiro atoms. The molecule has 10 heteroatoms. The summed E-state index contributed by atoms with van der Waals surface area (Å²) in [7, 11) is -2.61. The number of rotatable bonds is 4. The van der Waals surface area contributed by atoms with Gasteiger partial charge in [-0.05, 0) is 25.1 Å². The van der Waals surface area contributed by atoms with Crippen molar-refractivity contribution in [2.45, 2.75) is 13.1 Å². The lowest BCUT2D eigenvalue weighted by Crippen LogP contribution is -2.15. The highest BCUT2D eigenvalue weighted by Gasteiger charge is 2.35. The third-order valence-corrected chi connectivity index (χ3v) is 3.11. The van der Waals surface area contributed by atoms with Gasteiger partial charge >= 0.3 is 16.7 Å². The second-order valence-corrected chi connectivity index (χ2v) is 5.55. The minimum atomic E-state index is -4.51. The Labute approximate surface area is 154 Å². The van der Waals surface area contributed by atoms with Gasteiger partial charge in [-0.1, -0.05) is 47.1 Å². The average molecular weight is 407 g/mol. The maximum Gasteiger partial charge on any atom is 0.417 e. The summed E-state index contributed by atoms with van der Waals surface area (Å²) < 4.78 is 62.6. The summed E-state index contributed by atoms with van der Waals surface area (Å²) in [5.74, 6) is 0. The Morgan fingerprint density at radius 1 is 1.19 bits per heavy atom. The van der Waals surface area contributed by atoms with E-state index in [1.165, 1.54) is 12.1 Å². The van der Waals surface area contributed by atoms with Crippen LogP contribution in [-0.4, -0.2) is 20.7 Å². The SMILES string of the molecule is CCO/N=C(\c1ccccc1)c1cc(Cl)ccc1C(F)(F)F.N=S(=O)=O. The van der Waals surface area contributed by atoms with E-state index in [-0.39, 0.29) is 22.9 Å². The predicted molar refractivity (Wildman–Crippen MR) is 91.8 cm³/mol. The van der Waals surface area contributed by atoms with Gasteiger partial charge in [-0.15, -0.1) is 0 Å². The van der Waals surface area contributed by atoms with Crippen molar-refractivity contribution >= 4 is 27.8 Å². The van der Waals surface area contributed by atoms with Crippen LogP contribution in [0.15, 0.2) is 53.7 Å². The number of nitrogens with zero attached hydrogens (tertiary/aromatic N) is 1. The Balaban J connectivity index is 0.000000765. The third kappa shape index (κ3) is 6.85. The summed E-state index contributed by atoms with van der Waals surface area (Å²) >= 11 is 5.87. The zero-order valence-electron chi connectivity index (χ0n) is 13.4. The summed E-state index contributed by atoms with van der Waals surface area (Å²) in [5, 5.41) is 4.05. The number of halogens is 4. The molecule has 0 amide bonds. The molecule has 0 aliphatic carbocycles. The molecule has 26 heavy (non-hydrogen) atoms. The fourth-order valence-electron chi connectivity index (χ4n) is 1.94. The molecule has 0 heterocycles. The van der Waals surface area contributed by atoms with Gasteiger partial charge in [0.15, 0.2) is 0 Å². The minimum Gasteiger partial charge on any atom is -0.396 e. The molecule has 140 valence electrons. The Kier molecular flexibility index (Phi) is 8.27. The Hall–Kier alpha value is -2.39. The zero-order chi connectivity index (χ0) is 19.7. The van der Waals surface area contributed by atoms with Crippen LogP contribution in [0.2, 0.25) is 5.02 Å². The number of benzene rings is 2. The molecule has 0 atom stereocenters. The summed E-state index contributed by atoms with van der Waals surface area (Å²) in [5.41, 5.74) is -0.306. The van der Waals surface area contributed by atoms with Gasteiger partial charge in [0.2, 0.25) is 0 Å². The number of hydrogen-bond acceptors (Lipinski definition) is 5. The number of alkyl halides is 3. The number of nitrogens with one attached hydrogen (secondary N) is 1. The van der Waals surface area contributed by atoms with Crippen LogP contribution in [-0.2, 0) is 21.5 Å². The maximum absolute atomic E-state index is 13.2. The molecule has 2 aromatic carbocycles. The second kappa shape index (κ2) is 9.93. The molecular weight excluding hydrogens is 393 g/mol. The molecule has 0 radical (unpaired) electrons. The second-order valence-electron chi connectivity index (χ2n) is 4.65. The molecule has 0 aliphatic heterocycles. The van der Waals surface area contributed by atoms with Gasteiger partial charge in [-0.25, -0.2) is 0 Å². The summed E-state index contributed by atoms with van der Waals surface area (Å²) in [4.78, 5) is 4.99. The minimum absolute atomic E-state index is 0.0947. The molecule has 5 nitrogen and oxygen atoms in total. The molecule has 0 saturated carbocycles. The van der Waals surface area contributed by atoms with E-state index < -0.39 is 22.2 Å². The first-order chi connectivity index (χ1) is 12.2. The molecule has 1 N–H and O–H groups in total. The van der Waals surface area contributed by atoms with Crippen LogP contribution < -0.4 is 0 Å². The van der Waals surface area contributed by atoms with Crippen LogP contribution in [0, 0.1) is 4.78 Å². The largest absolute Gasteiger partial charge is 0.417 e. The van der Waals surface area contributed by atoms with Crippen LogP contribution in [0.4, 0.5) is 13.2 Å². The Bertz CT molecular complexity index is 864. The zero-order valence-corrected chi connectivity index (χ0v) is 15.0. The van der Waals surface area contributed by atoms with E-state index in [2.05, 4.69) is 5.16 Å². The highest BCUT2D eigenvalue weighted by atomic mass is 35.5. The van der Waals surface area contributed by atoms with Gasteiger partial charge in [0.1, 0.15) is 12.3 Å². The molecule has 2 aromatic rings. The third-order valence-electron chi connectivity index (χ3n) is 2.87. The normalized spacial score (nSPS) is 11.3. The fourth-order valence-corrected chi connectivity index (χ4v) is 2.11. The van der Waals surface area contributed by atoms with Crippen LogP contribution >= 0.6 is 11.6 Å². The van der Waals surface area contributed by atoms with E-state index >= 15 is 0 Å². The first kappa shape index (κ1) is 21.7. The quantitative estimate of drug-likeness (QED) is 0.586. The Morgan fingerprint density at radius 2 is 1.77 bits per heavy atom. The number of oxime groups is 1. The number of hydrogen-bond donors (Lipinski definition) is 1. The standard InChI is InChI=1S/C16H13ClF3NO.HNO2S/c1-2-22-21-15(11-6-4-3-5-7-11)13-10-12(17)8-9-14(13)16(18,19)20;1-4(2)3/h3-10H,2H2,1H3;1H/b21-15+;. The first-order valence-corrected chi connectivity index (χ1v) is 8.55. The van der Waals surface area contributed by atoms with Crippen molar-refractivity contribution in [2.75, 3.05) is 6.61 Å². The molecule has 0 saturated heterocycles. The summed E-state index contributed by atoms with van der Waals surface area (Å²) in [6, 6.07) is 11.9. The molecule has 0 aromatic heterocycles. The van der Waals surface area contributed by atoms with Crippen molar-refractivity contribution < 1.29 is 26.4 Å². The van der Waals surface area contributed by atoms with Crippen molar-refractivity contribution in [3.05, 3.63) is 70.2 Å². The van der Waals surface area contributed by atoms with E-state index in [9.17, 15) is 13.2 Å². The Morgan fingerprint density at radius 3 is 2.27 bits per heavy atom. The fraction of sp³-hybridized carbons (Fsp3) is 0.188. The van der Waals surface area contributed by atoms with E-state index in [1.807, 2.05) is 0 Å². The van der Waals surface area contributed by atoms with Crippen molar-refractivity contribution in [3.63, 3.8) is 0 Å². The lowest BCUT2D eigenvalue weighted by molar-refractivity contribution is -0.137. The van der Waals surface area contributed by atoms with Crippen LogP contribution in [0.1, 0.15) is 23.6 Å². The van der Waals surface area contributed by atoms with E-state index in [1.54, 1.807) is 37.3 Å². The first-order valence-electron chi connectivity index (χ1n) is 7.09. The smallest absolute Gasteiger partial charge is 0.396 e. The van der Waals surface area contributed by atoms with Crippen LogP contribution in [0.25, 0.3) is 0 Å². The lowest BCUT2D eigenvalue weighted by atomic mass is 9.97. The topological polar surface area (TPSA) is 79.6 Å². The van der Waals surface area contributed by atoms with E-state index in [0.717, 1.165) is 6.07 Å². The molecule has 0 bridgehead atoms. The maximum atomic E-state index is 13.2. The van der Waals surface area contributed by atoms with Crippen molar-refractivity contribution in [1.82, 2.24) is 0 Å². The monoisotopic (exact) mass is 406 g/mol. The molecule has 0 fully saturated rings. The highest BCUT2D eigenvalue weighted by Crippen LogP contribution is 2.34. The van der Waals surface area contributed by atoms with Gasteiger partial charge in [0.25, 0.3) is 0 Å². The van der Waals surface area contributed by atoms with Crippen LogP contribution in [0.5, 0.6) is 0 Å². The van der Waals surface area contributed by atoms with Crippen LogP contribution in [0.3, 0.4) is 0 Å². The lowest BCUT2D eigenvalue weighted by Gasteiger charge is -2.15. The molecule has 2 rings (SSSR count). The van der Waals surface area contributed by atoms with Gasteiger partial charge in [0, 0.05) is 16.1 Å². The van der Waals surface area contributed by atoms with Gasteiger partial charge < -0.3 is 4.84 Å². The average Bonchev–Trinajstić information content (AvgIpc) is 2.54. The highest BCUT2D eigenvalue weighted by molar-refractivity contribution is 7.60. The van der Waals surface area contributed by atoms with Gasteiger partial charge in [0.05, 0.1) is 5.56 Å². The molecule has 0 aliphatic rings. The molecular formula is C16H14ClF3N2O3S. The van der Waals surface area contributed by atoms with Crippen molar-refractivity contribution in [3.8, 4) is 0 Å². The summed E-state index contributed by atoms with van der Waals surface area (Å²) in [6.45, 7) is 1.95. The van der Waals surface area contributed by atoms with Gasteiger partial charge in [-0.3, -0.25) is 0 Å². The molecule has 0 unspecified atom stereocenters. The van der Waals surface area contributed by atoms with E-state index in [0.29, 0.717) is 5.56 Å². The van der Waals surface area contributed by atoms with E-state index in [4.69, 9.17) is 29.6 Å².